The smallest absolute Gasteiger partial charge is 0.239 e. The zero-order chi connectivity index (χ0) is 26.7. The van der Waals surface area contributed by atoms with Crippen molar-refractivity contribution in [3.63, 3.8) is 0 Å². The van der Waals surface area contributed by atoms with Crippen molar-refractivity contribution in [3.8, 4) is 17.2 Å². The van der Waals surface area contributed by atoms with Gasteiger partial charge < -0.3 is 41.3 Å². The van der Waals surface area contributed by atoms with Crippen molar-refractivity contribution in [2.75, 3.05) is 39.4 Å². The van der Waals surface area contributed by atoms with E-state index in [-0.39, 0.29) is 50.5 Å². The lowest BCUT2D eigenvalue weighted by atomic mass is 10.1. The van der Waals surface area contributed by atoms with Gasteiger partial charge in [0.2, 0.25) is 5.91 Å². The van der Waals surface area contributed by atoms with Gasteiger partial charge in [-0.25, -0.2) is 0 Å². The summed E-state index contributed by atoms with van der Waals surface area (Å²) in [5.74, 6) is 1.27. The van der Waals surface area contributed by atoms with Gasteiger partial charge in [0.1, 0.15) is 11.5 Å². The largest absolute Gasteiger partial charge is 0.508 e. The van der Waals surface area contributed by atoms with Gasteiger partial charge in [0.05, 0.1) is 33.4 Å². The van der Waals surface area contributed by atoms with Crippen molar-refractivity contribution in [3.05, 3.63) is 73.7 Å². The van der Waals surface area contributed by atoms with Crippen LogP contribution in [-0.4, -0.2) is 71.6 Å². The molecule has 9 nitrogen and oxygen atoms in total. The lowest BCUT2D eigenvalue weighted by molar-refractivity contribution is -0.121. The van der Waals surface area contributed by atoms with E-state index >= 15 is 0 Å². The average Bonchev–Trinajstić information content (AvgIpc) is 2.83. The monoisotopic (exact) mass is 722 g/mol. The molecule has 0 unspecified atom stereocenters. The van der Waals surface area contributed by atoms with Crippen LogP contribution in [0.5, 0.6) is 17.2 Å². The molecule has 0 radical (unpaired) electrons. The molecule has 0 aliphatic rings. The first-order valence-electron chi connectivity index (χ1n) is 11.2. The van der Waals surface area contributed by atoms with Crippen LogP contribution in [0, 0.1) is 7.14 Å². The number of aliphatic hydroxyl groups excluding tert-OH is 2. The number of carbonyl (C=O) groups excluding carboxylic acids is 1. The van der Waals surface area contributed by atoms with Gasteiger partial charge in [-0.3, -0.25) is 4.79 Å². The third-order valence-electron chi connectivity index (χ3n) is 5.08. The molecule has 11 heteroatoms. The Morgan fingerprint density at radius 3 is 2.31 bits per heavy atom. The first kappa shape index (κ1) is 30.2. The summed E-state index contributed by atoms with van der Waals surface area (Å²) >= 11 is 4.44. The normalized spacial score (nSPS) is 11.6. The molecule has 0 aromatic heterocycles. The minimum absolute atomic E-state index is 0.0248. The number of benzene rings is 2. The summed E-state index contributed by atoms with van der Waals surface area (Å²) in [4.78, 5) is 13.8. The molecule has 0 spiro atoms. The standard InChI is InChI=1S/C25H32I2N4O5/c1-16(28)12-30-24(35)14-31(7-8-32)17(2)13-29-19(15-33)9-18-10-22(26)25(23(27)11-18)36-21-5-3-20(34)4-6-21/h3-6,10-11,19,29,32-34H,1-2,7-9,12-15,28H2,(H,30,35)/t19-/m0/s1. The Hall–Kier alpha value is -2.07. The highest BCUT2D eigenvalue weighted by molar-refractivity contribution is 14.1. The van der Waals surface area contributed by atoms with E-state index in [1.807, 2.05) is 12.1 Å². The maximum absolute atomic E-state index is 12.1. The number of phenols is 1. The van der Waals surface area contributed by atoms with Crippen LogP contribution in [-0.2, 0) is 11.2 Å². The maximum Gasteiger partial charge on any atom is 0.239 e. The van der Waals surface area contributed by atoms with E-state index in [0.29, 0.717) is 30.1 Å². The fourth-order valence-corrected chi connectivity index (χ4v) is 5.35. The second-order valence-corrected chi connectivity index (χ2v) is 10.4. The SMILES string of the molecule is C=C(N)CNC(=O)CN(CCO)C(=C)CN[C@H](CO)Cc1cc(I)c(Oc2ccc(O)cc2)c(I)c1. The molecule has 0 saturated heterocycles. The number of hydrogen-bond donors (Lipinski definition) is 6. The first-order chi connectivity index (χ1) is 17.1. The number of rotatable bonds is 15. The van der Waals surface area contributed by atoms with Crippen molar-refractivity contribution in [1.82, 2.24) is 15.5 Å². The van der Waals surface area contributed by atoms with Crippen molar-refractivity contribution in [2.24, 2.45) is 5.73 Å². The molecule has 0 heterocycles. The fraction of sp³-hybridized carbons (Fsp3) is 0.320. The quantitative estimate of drug-likeness (QED) is 0.154. The van der Waals surface area contributed by atoms with Gasteiger partial charge in [0.15, 0.2) is 5.75 Å². The van der Waals surface area contributed by atoms with E-state index < -0.39 is 0 Å². The molecule has 2 aromatic carbocycles. The molecule has 0 aliphatic carbocycles. The minimum Gasteiger partial charge on any atom is -0.508 e. The third kappa shape index (κ3) is 10.1. The predicted octanol–water partition coefficient (Wildman–Crippen LogP) is 2.28. The van der Waals surface area contributed by atoms with Crippen LogP contribution >= 0.6 is 45.2 Å². The molecule has 196 valence electrons. The topological polar surface area (TPSA) is 140 Å². The highest BCUT2D eigenvalue weighted by atomic mass is 127. The van der Waals surface area contributed by atoms with Crippen LogP contribution in [0.25, 0.3) is 0 Å². The van der Waals surface area contributed by atoms with Gasteiger partial charge in [0, 0.05) is 30.5 Å². The highest BCUT2D eigenvalue weighted by Crippen LogP contribution is 2.33. The zero-order valence-electron chi connectivity index (χ0n) is 19.8. The molecule has 1 amide bonds. The highest BCUT2D eigenvalue weighted by Gasteiger charge is 2.16. The van der Waals surface area contributed by atoms with Crippen molar-refractivity contribution in [2.45, 2.75) is 12.5 Å². The zero-order valence-corrected chi connectivity index (χ0v) is 24.2. The van der Waals surface area contributed by atoms with E-state index in [2.05, 4.69) is 69.0 Å². The lowest BCUT2D eigenvalue weighted by Gasteiger charge is -2.27. The van der Waals surface area contributed by atoms with Crippen LogP contribution in [0.4, 0.5) is 0 Å². The summed E-state index contributed by atoms with van der Waals surface area (Å²) < 4.78 is 7.84. The van der Waals surface area contributed by atoms with Gasteiger partial charge >= 0.3 is 0 Å². The number of nitrogens with two attached hydrogens (primary N) is 1. The molecule has 0 bridgehead atoms. The van der Waals surface area contributed by atoms with E-state index in [0.717, 1.165) is 18.5 Å². The number of carbonyl (C=O) groups is 1. The number of aliphatic hydroxyl groups is 2. The fourth-order valence-electron chi connectivity index (χ4n) is 3.23. The number of ether oxygens (including phenoxy) is 1. The van der Waals surface area contributed by atoms with E-state index in [1.54, 1.807) is 29.2 Å². The Morgan fingerprint density at radius 1 is 1.11 bits per heavy atom. The van der Waals surface area contributed by atoms with Crippen LogP contribution in [0.15, 0.2) is 61.0 Å². The Morgan fingerprint density at radius 2 is 1.75 bits per heavy atom. The second kappa shape index (κ2) is 15.2. The summed E-state index contributed by atoms with van der Waals surface area (Å²) in [5.41, 5.74) is 7.48. The lowest BCUT2D eigenvalue weighted by Crippen LogP contribution is -2.43. The molecule has 36 heavy (non-hydrogen) atoms. The number of halogens is 2. The molecule has 7 N–H and O–H groups in total. The van der Waals surface area contributed by atoms with Crippen LogP contribution < -0.4 is 21.1 Å². The summed E-state index contributed by atoms with van der Waals surface area (Å²) in [7, 11) is 0. The third-order valence-corrected chi connectivity index (χ3v) is 6.68. The van der Waals surface area contributed by atoms with Gasteiger partial charge in [-0.05, 0) is 93.6 Å². The van der Waals surface area contributed by atoms with Crippen molar-refractivity contribution < 1.29 is 24.9 Å². The number of aromatic hydroxyl groups is 1. The number of amides is 1. The molecule has 0 fully saturated rings. The minimum atomic E-state index is -0.256. The molecule has 2 rings (SSSR count). The maximum atomic E-state index is 12.1. The Bertz CT molecular complexity index is 1030. The van der Waals surface area contributed by atoms with Crippen LogP contribution in [0.2, 0.25) is 0 Å². The van der Waals surface area contributed by atoms with Gasteiger partial charge in [-0.1, -0.05) is 13.2 Å². The Balaban J connectivity index is 1.98. The molecule has 2 aromatic rings. The average molecular weight is 722 g/mol. The molecule has 0 aliphatic heterocycles. The first-order valence-corrected chi connectivity index (χ1v) is 13.3. The second-order valence-electron chi connectivity index (χ2n) is 8.10. The number of phenolic OH excluding ortho intramolecular Hbond substituents is 1. The van der Waals surface area contributed by atoms with Gasteiger partial charge in [-0.15, -0.1) is 0 Å². The molecular weight excluding hydrogens is 690 g/mol. The van der Waals surface area contributed by atoms with Crippen molar-refractivity contribution >= 4 is 51.1 Å². The van der Waals surface area contributed by atoms with Crippen LogP contribution in [0.1, 0.15) is 5.56 Å². The predicted molar refractivity (Wildman–Crippen MR) is 157 cm³/mol. The number of hydrogen-bond acceptors (Lipinski definition) is 8. The van der Waals surface area contributed by atoms with E-state index in [4.69, 9.17) is 10.5 Å². The number of nitrogens with one attached hydrogen (secondary N) is 2. The van der Waals surface area contributed by atoms with E-state index in [9.17, 15) is 20.1 Å². The van der Waals surface area contributed by atoms with E-state index in [1.165, 1.54) is 0 Å². The van der Waals surface area contributed by atoms with Gasteiger partial charge in [0.25, 0.3) is 0 Å². The van der Waals surface area contributed by atoms with Crippen LogP contribution in [0.3, 0.4) is 0 Å². The molecule has 1 atom stereocenters. The Kier molecular flexibility index (Phi) is 12.8. The summed E-state index contributed by atoms with van der Waals surface area (Å²) in [5, 5.41) is 34.7. The summed E-state index contributed by atoms with van der Waals surface area (Å²) in [6.07, 6.45) is 0.564. The summed E-state index contributed by atoms with van der Waals surface area (Å²) in [6, 6.07) is 10.3. The molecule has 0 saturated carbocycles. The summed E-state index contributed by atoms with van der Waals surface area (Å²) in [6.45, 7) is 8.15. The van der Waals surface area contributed by atoms with Gasteiger partial charge in [-0.2, -0.15) is 0 Å². The Labute approximate surface area is 238 Å². The van der Waals surface area contributed by atoms with Crippen molar-refractivity contribution in [1.29, 1.82) is 0 Å². The number of nitrogens with zero attached hydrogens (tertiary/aromatic N) is 1. The molecular formula is C25H32I2N4O5.